The van der Waals surface area contributed by atoms with E-state index in [1.54, 1.807) is 7.11 Å². The Kier molecular flexibility index (Phi) is 2.67. The number of benzene rings is 1. The molecule has 0 aliphatic heterocycles. The Morgan fingerprint density at radius 2 is 1.81 bits per heavy atom. The minimum absolute atomic E-state index is 0.0686. The van der Waals surface area contributed by atoms with Gasteiger partial charge < -0.3 is 10.5 Å². The minimum atomic E-state index is -3.05. The van der Waals surface area contributed by atoms with Crippen LogP contribution in [0.1, 0.15) is 11.5 Å². The molecule has 1 fully saturated rings. The van der Waals surface area contributed by atoms with Crippen LogP contribution in [0.15, 0.2) is 24.3 Å². The quantitative estimate of drug-likeness (QED) is 0.838. The van der Waals surface area contributed by atoms with Gasteiger partial charge in [-0.1, -0.05) is 12.1 Å². The van der Waals surface area contributed by atoms with Gasteiger partial charge in [0.2, 0.25) is 0 Å². The highest BCUT2D eigenvalue weighted by molar-refractivity contribution is 7.91. The van der Waals surface area contributed by atoms with E-state index in [1.807, 2.05) is 24.3 Å². The molecule has 1 saturated carbocycles. The second kappa shape index (κ2) is 3.75. The maximum absolute atomic E-state index is 11.4. The Bertz CT molecular complexity index is 480. The maximum Gasteiger partial charge on any atom is 0.152 e. The maximum atomic E-state index is 11.4. The Balaban J connectivity index is 2.21. The van der Waals surface area contributed by atoms with E-state index in [4.69, 9.17) is 10.5 Å². The summed E-state index contributed by atoms with van der Waals surface area (Å²) < 4.78 is 27.9. The highest BCUT2D eigenvalue weighted by atomic mass is 32.2. The largest absolute Gasteiger partial charge is 0.497 e. The van der Waals surface area contributed by atoms with Gasteiger partial charge >= 0.3 is 0 Å². The summed E-state index contributed by atoms with van der Waals surface area (Å²) in [6, 6.07) is 7.10. The third-order valence-electron chi connectivity index (χ3n) is 3.00. The molecule has 0 heterocycles. The van der Waals surface area contributed by atoms with Crippen LogP contribution in [0, 0.1) is 0 Å². The van der Waals surface area contributed by atoms with Gasteiger partial charge in [-0.25, -0.2) is 8.42 Å². The van der Waals surface area contributed by atoms with E-state index in [-0.39, 0.29) is 12.0 Å². The molecule has 1 aromatic carbocycles. The van der Waals surface area contributed by atoms with Crippen molar-refractivity contribution in [2.24, 2.45) is 5.73 Å². The molecule has 0 saturated heterocycles. The molecule has 4 nitrogen and oxygen atoms in total. The fourth-order valence-electron chi connectivity index (χ4n) is 2.10. The number of hydrogen-bond donors (Lipinski definition) is 1. The minimum Gasteiger partial charge on any atom is -0.497 e. The first-order valence-electron chi connectivity index (χ1n) is 5.03. The van der Waals surface area contributed by atoms with Gasteiger partial charge in [0.15, 0.2) is 9.84 Å². The van der Waals surface area contributed by atoms with Crippen molar-refractivity contribution in [3.8, 4) is 5.75 Å². The molecule has 0 amide bonds. The molecule has 1 aromatic rings. The van der Waals surface area contributed by atoms with Gasteiger partial charge in [0.1, 0.15) is 5.75 Å². The summed E-state index contributed by atoms with van der Waals surface area (Å²) in [6.45, 7) is 0. The van der Waals surface area contributed by atoms with Crippen LogP contribution in [0.4, 0.5) is 0 Å². The van der Waals surface area contributed by atoms with E-state index in [0.29, 0.717) is 0 Å². The summed E-state index contributed by atoms with van der Waals surface area (Å²) in [5.74, 6) is 0.690. The lowest BCUT2D eigenvalue weighted by Crippen LogP contribution is -2.13. The van der Waals surface area contributed by atoms with Crippen molar-refractivity contribution in [1.82, 2.24) is 0 Å². The molecule has 16 heavy (non-hydrogen) atoms. The number of rotatable bonds is 3. The van der Waals surface area contributed by atoms with E-state index in [9.17, 15) is 8.42 Å². The lowest BCUT2D eigenvalue weighted by atomic mass is 10.1. The molecule has 1 aliphatic rings. The summed E-state index contributed by atoms with van der Waals surface area (Å²) in [7, 11) is -1.45. The van der Waals surface area contributed by atoms with Gasteiger partial charge in [-0.15, -0.1) is 0 Å². The average Bonchev–Trinajstić information content (AvgIpc) is 2.90. The SMILES string of the molecule is COc1ccc([C@H]2[C@H](N)[C@@H]2S(C)(=O)=O)cc1. The van der Waals surface area contributed by atoms with Crippen molar-refractivity contribution in [1.29, 1.82) is 0 Å². The Labute approximate surface area is 95.3 Å². The van der Waals surface area contributed by atoms with Crippen LogP contribution in [0.5, 0.6) is 5.75 Å². The van der Waals surface area contributed by atoms with Crippen LogP contribution in [-0.4, -0.2) is 33.1 Å². The molecule has 0 aromatic heterocycles. The standard InChI is InChI=1S/C11H15NO3S/c1-15-8-5-3-7(4-6-8)9-10(12)11(9)16(2,13)14/h3-6,9-11H,12H2,1-2H3/t9-,10-,11+/m0/s1. The van der Waals surface area contributed by atoms with Crippen LogP contribution < -0.4 is 10.5 Å². The number of ether oxygens (including phenoxy) is 1. The smallest absolute Gasteiger partial charge is 0.152 e. The monoisotopic (exact) mass is 241 g/mol. The number of hydrogen-bond acceptors (Lipinski definition) is 4. The van der Waals surface area contributed by atoms with Gasteiger partial charge in [-0.3, -0.25) is 0 Å². The second-order valence-corrected chi connectivity index (χ2v) is 6.37. The van der Waals surface area contributed by atoms with Crippen LogP contribution in [0.2, 0.25) is 0 Å². The topological polar surface area (TPSA) is 69.4 Å². The van der Waals surface area contributed by atoms with Crippen LogP contribution in [0.25, 0.3) is 0 Å². The molecular weight excluding hydrogens is 226 g/mol. The summed E-state index contributed by atoms with van der Waals surface area (Å²) in [5, 5.41) is -0.430. The zero-order chi connectivity index (χ0) is 11.9. The molecular formula is C11H15NO3S. The predicted molar refractivity (Wildman–Crippen MR) is 62.3 cm³/mol. The van der Waals surface area contributed by atoms with Crippen molar-refractivity contribution in [2.75, 3.05) is 13.4 Å². The number of nitrogens with two attached hydrogens (primary N) is 1. The summed E-state index contributed by atoms with van der Waals surface area (Å²) in [4.78, 5) is 0. The highest BCUT2D eigenvalue weighted by Crippen LogP contribution is 2.44. The van der Waals surface area contributed by atoms with E-state index >= 15 is 0 Å². The first kappa shape index (κ1) is 11.4. The van der Waals surface area contributed by atoms with E-state index in [1.165, 1.54) is 6.26 Å². The first-order valence-corrected chi connectivity index (χ1v) is 6.99. The molecule has 2 N–H and O–H groups in total. The van der Waals surface area contributed by atoms with Crippen LogP contribution >= 0.6 is 0 Å². The predicted octanol–water partition coefficient (Wildman–Crippen LogP) is 0.533. The number of sulfone groups is 1. The van der Waals surface area contributed by atoms with Gasteiger partial charge in [-0.2, -0.15) is 0 Å². The molecule has 0 unspecified atom stereocenters. The van der Waals surface area contributed by atoms with Crippen molar-refractivity contribution >= 4 is 9.84 Å². The van der Waals surface area contributed by atoms with Crippen LogP contribution in [-0.2, 0) is 9.84 Å². The van der Waals surface area contributed by atoms with Gasteiger partial charge in [0.25, 0.3) is 0 Å². The normalized spacial score (nSPS) is 28.8. The lowest BCUT2D eigenvalue weighted by molar-refractivity contribution is 0.414. The zero-order valence-corrected chi connectivity index (χ0v) is 10.1. The molecule has 0 radical (unpaired) electrons. The van der Waals surface area contributed by atoms with Gasteiger partial charge in [0.05, 0.1) is 12.4 Å². The van der Waals surface area contributed by atoms with Gasteiger partial charge in [0, 0.05) is 18.2 Å². The lowest BCUT2D eigenvalue weighted by Gasteiger charge is -2.02. The van der Waals surface area contributed by atoms with Crippen molar-refractivity contribution in [2.45, 2.75) is 17.2 Å². The summed E-state index contributed by atoms with van der Waals surface area (Å²) >= 11 is 0. The molecule has 88 valence electrons. The molecule has 1 aliphatic carbocycles. The van der Waals surface area contributed by atoms with Gasteiger partial charge in [-0.05, 0) is 17.7 Å². The number of methoxy groups -OCH3 is 1. The van der Waals surface area contributed by atoms with E-state index in [0.717, 1.165) is 11.3 Å². The van der Waals surface area contributed by atoms with Crippen molar-refractivity contribution in [3.63, 3.8) is 0 Å². The average molecular weight is 241 g/mol. The fraction of sp³-hybridized carbons (Fsp3) is 0.455. The third-order valence-corrected chi connectivity index (χ3v) is 4.60. The van der Waals surface area contributed by atoms with E-state index in [2.05, 4.69) is 0 Å². The first-order chi connectivity index (χ1) is 7.45. The van der Waals surface area contributed by atoms with Crippen LogP contribution in [0.3, 0.4) is 0 Å². The fourth-order valence-corrected chi connectivity index (χ4v) is 3.62. The summed E-state index contributed by atoms with van der Waals surface area (Å²) in [6.07, 6.45) is 1.24. The molecule has 2 rings (SSSR count). The van der Waals surface area contributed by atoms with Crippen molar-refractivity contribution < 1.29 is 13.2 Å². The molecule has 3 atom stereocenters. The van der Waals surface area contributed by atoms with Crippen molar-refractivity contribution in [3.05, 3.63) is 29.8 Å². The highest BCUT2D eigenvalue weighted by Gasteiger charge is 2.54. The molecule has 0 spiro atoms. The Hall–Kier alpha value is -1.07. The molecule has 0 bridgehead atoms. The van der Waals surface area contributed by atoms with E-state index < -0.39 is 15.1 Å². The zero-order valence-electron chi connectivity index (χ0n) is 9.25. The molecule has 5 heteroatoms. The Morgan fingerprint density at radius 1 is 1.25 bits per heavy atom. The third kappa shape index (κ3) is 1.92. The second-order valence-electron chi connectivity index (χ2n) is 4.17. The summed E-state index contributed by atoms with van der Waals surface area (Å²) in [5.41, 5.74) is 6.75. The Morgan fingerprint density at radius 3 is 2.19 bits per heavy atom.